The molecule has 3 fully saturated rings. The lowest BCUT2D eigenvalue weighted by molar-refractivity contribution is -0.176. The summed E-state index contributed by atoms with van der Waals surface area (Å²) in [6, 6.07) is 0.171. The topological polar surface area (TPSA) is 67.4 Å². The fraction of sp³-hybridized carbons (Fsp3) is 0.857. The van der Waals surface area contributed by atoms with Crippen LogP contribution in [0.3, 0.4) is 0 Å². The van der Waals surface area contributed by atoms with Crippen molar-refractivity contribution in [2.24, 2.45) is 5.41 Å². The molecule has 1 aliphatic heterocycles. The Morgan fingerprint density at radius 1 is 1.42 bits per heavy atom. The van der Waals surface area contributed by atoms with Crippen LogP contribution in [-0.2, 0) is 14.3 Å². The van der Waals surface area contributed by atoms with E-state index >= 15 is 0 Å². The lowest BCUT2D eigenvalue weighted by atomic mass is 9.51. The number of piperidine rings is 1. The van der Waals surface area contributed by atoms with Gasteiger partial charge in [0.1, 0.15) is 0 Å². The molecule has 0 aromatic heterocycles. The minimum absolute atomic E-state index is 0.151. The van der Waals surface area contributed by atoms with E-state index in [4.69, 9.17) is 4.74 Å². The van der Waals surface area contributed by atoms with Gasteiger partial charge in [0, 0.05) is 24.5 Å². The van der Waals surface area contributed by atoms with Crippen LogP contribution in [0.15, 0.2) is 0 Å². The van der Waals surface area contributed by atoms with Gasteiger partial charge in [-0.05, 0) is 32.6 Å². The molecule has 5 nitrogen and oxygen atoms in total. The third-order valence-electron chi connectivity index (χ3n) is 5.08. The maximum atomic E-state index is 11.8. The third-order valence-corrected chi connectivity index (χ3v) is 5.08. The van der Waals surface area contributed by atoms with Crippen molar-refractivity contribution in [1.82, 2.24) is 10.6 Å². The molecule has 3 aliphatic rings. The van der Waals surface area contributed by atoms with Gasteiger partial charge in [0.25, 0.3) is 0 Å². The van der Waals surface area contributed by atoms with Crippen LogP contribution in [0, 0.1) is 5.41 Å². The van der Waals surface area contributed by atoms with Crippen LogP contribution in [0.25, 0.3) is 0 Å². The molecule has 3 rings (SSSR count). The van der Waals surface area contributed by atoms with Crippen molar-refractivity contribution in [2.75, 3.05) is 6.61 Å². The van der Waals surface area contributed by atoms with Gasteiger partial charge in [-0.15, -0.1) is 0 Å². The van der Waals surface area contributed by atoms with Crippen molar-refractivity contribution >= 4 is 11.8 Å². The Kier molecular flexibility index (Phi) is 3.35. The van der Waals surface area contributed by atoms with Crippen molar-refractivity contribution in [2.45, 2.75) is 63.6 Å². The maximum absolute atomic E-state index is 11.8. The summed E-state index contributed by atoms with van der Waals surface area (Å²) in [6.45, 7) is 2.80. The van der Waals surface area contributed by atoms with Crippen LogP contribution in [0.4, 0.5) is 0 Å². The summed E-state index contributed by atoms with van der Waals surface area (Å²) in [6.07, 6.45) is 6.07. The predicted octanol–water partition coefficient (Wildman–Crippen LogP) is 0.729. The Morgan fingerprint density at radius 2 is 2.21 bits per heavy atom. The van der Waals surface area contributed by atoms with E-state index in [0.717, 1.165) is 13.0 Å². The number of ether oxygens (including phenoxy) is 1. The van der Waals surface area contributed by atoms with E-state index in [-0.39, 0.29) is 23.3 Å². The third kappa shape index (κ3) is 2.09. The molecule has 3 unspecified atom stereocenters. The van der Waals surface area contributed by atoms with Crippen LogP contribution < -0.4 is 10.6 Å². The summed E-state index contributed by atoms with van der Waals surface area (Å²) in [5.74, 6) is -0.312. The normalized spacial score (nSPS) is 36.6. The Labute approximate surface area is 113 Å². The van der Waals surface area contributed by atoms with Crippen LogP contribution in [0.2, 0.25) is 0 Å². The van der Waals surface area contributed by atoms with E-state index in [1.54, 1.807) is 0 Å². The molecule has 5 heteroatoms. The molecule has 1 saturated heterocycles. The highest BCUT2D eigenvalue weighted by atomic mass is 16.5. The van der Waals surface area contributed by atoms with E-state index < -0.39 is 0 Å². The molecule has 0 aromatic carbocycles. The van der Waals surface area contributed by atoms with E-state index in [1.165, 1.54) is 19.3 Å². The zero-order valence-electron chi connectivity index (χ0n) is 11.4. The van der Waals surface area contributed by atoms with Crippen LogP contribution in [0.1, 0.15) is 45.4 Å². The summed E-state index contributed by atoms with van der Waals surface area (Å²) in [5.41, 5.74) is 0.262. The van der Waals surface area contributed by atoms with Crippen molar-refractivity contribution in [3.63, 3.8) is 0 Å². The standard InChI is InChI=1S/C14H22N2O3/c1-2-19-11-8-10(14(11)6-3-7-14)15-9-4-5-12(17)16-13(9)18/h9-11,15H,2-8H2,1H3,(H,16,17,18). The number of carbonyl (C=O) groups is 2. The summed E-state index contributed by atoms with van der Waals surface area (Å²) in [7, 11) is 0. The highest BCUT2D eigenvalue weighted by Crippen LogP contribution is 2.57. The van der Waals surface area contributed by atoms with E-state index in [0.29, 0.717) is 25.0 Å². The second-order valence-corrected chi connectivity index (χ2v) is 5.99. The van der Waals surface area contributed by atoms with E-state index in [2.05, 4.69) is 10.6 Å². The minimum Gasteiger partial charge on any atom is -0.378 e. The number of hydrogen-bond donors (Lipinski definition) is 2. The number of imide groups is 1. The van der Waals surface area contributed by atoms with Crippen molar-refractivity contribution < 1.29 is 14.3 Å². The maximum Gasteiger partial charge on any atom is 0.243 e. The van der Waals surface area contributed by atoms with Gasteiger partial charge in [0.15, 0.2) is 0 Å². The lowest BCUT2D eigenvalue weighted by Gasteiger charge is -2.61. The molecule has 0 aromatic rings. The second-order valence-electron chi connectivity index (χ2n) is 5.99. The molecule has 2 N–H and O–H groups in total. The number of amides is 2. The molecule has 2 saturated carbocycles. The number of hydrogen-bond acceptors (Lipinski definition) is 4. The fourth-order valence-electron chi connectivity index (χ4n) is 3.77. The van der Waals surface area contributed by atoms with Gasteiger partial charge in [0.2, 0.25) is 11.8 Å². The molecule has 1 heterocycles. The average molecular weight is 266 g/mol. The van der Waals surface area contributed by atoms with Gasteiger partial charge in [-0.25, -0.2) is 0 Å². The molecule has 0 bridgehead atoms. The molecule has 3 atom stereocenters. The fourth-order valence-corrected chi connectivity index (χ4v) is 3.77. The highest BCUT2D eigenvalue weighted by molar-refractivity contribution is 6.00. The highest BCUT2D eigenvalue weighted by Gasteiger charge is 2.59. The summed E-state index contributed by atoms with van der Waals surface area (Å²) in [4.78, 5) is 22.9. The molecular formula is C14H22N2O3. The quantitative estimate of drug-likeness (QED) is 0.736. The minimum atomic E-state index is -0.206. The lowest BCUT2D eigenvalue weighted by Crippen LogP contribution is -2.69. The largest absolute Gasteiger partial charge is 0.378 e. The Hall–Kier alpha value is -0.940. The van der Waals surface area contributed by atoms with Crippen molar-refractivity contribution in [1.29, 1.82) is 0 Å². The summed E-state index contributed by atoms with van der Waals surface area (Å²) >= 11 is 0. The summed E-state index contributed by atoms with van der Waals surface area (Å²) in [5, 5.41) is 5.87. The van der Waals surface area contributed by atoms with Gasteiger partial charge in [-0.2, -0.15) is 0 Å². The van der Waals surface area contributed by atoms with Crippen LogP contribution >= 0.6 is 0 Å². The number of rotatable bonds is 4. The zero-order chi connectivity index (χ0) is 13.5. The smallest absolute Gasteiger partial charge is 0.243 e. The molecular weight excluding hydrogens is 244 g/mol. The SMILES string of the molecule is CCOC1CC(NC2CCC(=O)NC2=O)C12CCC2. The van der Waals surface area contributed by atoms with Gasteiger partial charge in [0.05, 0.1) is 12.1 Å². The van der Waals surface area contributed by atoms with Crippen LogP contribution in [0.5, 0.6) is 0 Å². The molecule has 106 valence electrons. The van der Waals surface area contributed by atoms with Gasteiger partial charge in [-0.3, -0.25) is 14.9 Å². The first-order chi connectivity index (χ1) is 9.15. The Bertz CT molecular complexity index is 392. The molecule has 2 amide bonds. The second kappa shape index (κ2) is 4.87. The first kappa shape index (κ1) is 13.1. The molecule has 0 radical (unpaired) electrons. The van der Waals surface area contributed by atoms with Gasteiger partial charge in [-0.1, -0.05) is 6.42 Å². The molecule has 1 spiro atoms. The average Bonchev–Trinajstić information content (AvgIpc) is 2.28. The Balaban J connectivity index is 1.59. The summed E-state index contributed by atoms with van der Waals surface area (Å²) < 4.78 is 5.80. The van der Waals surface area contributed by atoms with Crippen molar-refractivity contribution in [3.05, 3.63) is 0 Å². The molecule has 19 heavy (non-hydrogen) atoms. The number of nitrogens with one attached hydrogen (secondary N) is 2. The number of carbonyl (C=O) groups excluding carboxylic acids is 2. The first-order valence-corrected chi connectivity index (χ1v) is 7.37. The van der Waals surface area contributed by atoms with Gasteiger partial charge < -0.3 is 10.1 Å². The van der Waals surface area contributed by atoms with E-state index in [1.807, 2.05) is 6.92 Å². The Morgan fingerprint density at radius 3 is 2.79 bits per heavy atom. The monoisotopic (exact) mass is 266 g/mol. The van der Waals surface area contributed by atoms with Crippen molar-refractivity contribution in [3.8, 4) is 0 Å². The van der Waals surface area contributed by atoms with Gasteiger partial charge >= 0.3 is 0 Å². The van der Waals surface area contributed by atoms with E-state index in [9.17, 15) is 9.59 Å². The van der Waals surface area contributed by atoms with Crippen LogP contribution in [-0.4, -0.2) is 36.6 Å². The molecule has 2 aliphatic carbocycles. The zero-order valence-corrected chi connectivity index (χ0v) is 11.4. The predicted molar refractivity (Wildman–Crippen MR) is 69.4 cm³/mol. The first-order valence-electron chi connectivity index (χ1n) is 7.37.